The molecule has 0 saturated carbocycles. The van der Waals surface area contributed by atoms with Crippen LogP contribution in [0.2, 0.25) is 5.15 Å². The van der Waals surface area contributed by atoms with Crippen LogP contribution in [0.15, 0.2) is 0 Å². The van der Waals surface area contributed by atoms with Crippen molar-refractivity contribution in [3.8, 4) is 0 Å². The zero-order chi connectivity index (χ0) is 12.5. The lowest BCUT2D eigenvalue weighted by Crippen LogP contribution is -2.18. The average Bonchev–Trinajstić information content (AvgIpc) is 2.10. The van der Waals surface area contributed by atoms with E-state index in [4.69, 9.17) is 11.6 Å². The van der Waals surface area contributed by atoms with Gasteiger partial charge in [-0.15, -0.1) is 0 Å². The Morgan fingerprint density at radius 1 is 1.19 bits per heavy atom. The number of rotatable bonds is 2. The highest BCUT2D eigenvalue weighted by molar-refractivity contribution is 6.30. The third-order valence-electron chi connectivity index (χ3n) is 2.46. The summed E-state index contributed by atoms with van der Waals surface area (Å²) in [5.74, 6) is 1.41. The van der Waals surface area contributed by atoms with E-state index in [1.807, 2.05) is 6.92 Å². The van der Waals surface area contributed by atoms with Gasteiger partial charge in [0, 0.05) is 16.7 Å². The molecule has 16 heavy (non-hydrogen) atoms. The molecule has 2 nitrogen and oxygen atoms in total. The maximum Gasteiger partial charge on any atom is 0.135 e. The fourth-order valence-electron chi connectivity index (χ4n) is 1.45. The predicted octanol–water partition coefficient (Wildman–Crippen LogP) is 3.93. The van der Waals surface area contributed by atoms with Gasteiger partial charge in [-0.05, 0) is 19.3 Å². The van der Waals surface area contributed by atoms with Gasteiger partial charge in [0.2, 0.25) is 0 Å². The minimum atomic E-state index is -0.0525. The van der Waals surface area contributed by atoms with Gasteiger partial charge in [-0.2, -0.15) is 0 Å². The minimum Gasteiger partial charge on any atom is -0.237 e. The summed E-state index contributed by atoms with van der Waals surface area (Å²) in [4.78, 5) is 9.02. The Labute approximate surface area is 103 Å². The molecule has 1 heterocycles. The monoisotopic (exact) mass is 240 g/mol. The molecule has 0 aromatic carbocycles. The molecule has 0 saturated heterocycles. The summed E-state index contributed by atoms with van der Waals surface area (Å²) < 4.78 is 0. The van der Waals surface area contributed by atoms with Gasteiger partial charge in [0.15, 0.2) is 0 Å². The van der Waals surface area contributed by atoms with Crippen LogP contribution in [0, 0.1) is 12.8 Å². The summed E-state index contributed by atoms with van der Waals surface area (Å²) in [7, 11) is 0. The first-order chi connectivity index (χ1) is 7.21. The summed E-state index contributed by atoms with van der Waals surface area (Å²) in [6.07, 6.45) is 0.956. The summed E-state index contributed by atoms with van der Waals surface area (Å²) in [5, 5.41) is 0.593. The molecule has 0 atom stereocenters. The standard InChI is InChI=1S/C13H21ClN2/c1-8(2)7-10-9(3)11(14)16-12(15-10)13(4,5)6/h8H,7H2,1-6H3. The number of hydrogen-bond acceptors (Lipinski definition) is 2. The summed E-state index contributed by atoms with van der Waals surface area (Å²) in [5.41, 5.74) is 2.05. The quantitative estimate of drug-likeness (QED) is 0.732. The van der Waals surface area contributed by atoms with Gasteiger partial charge in [0.05, 0.1) is 0 Å². The van der Waals surface area contributed by atoms with Gasteiger partial charge >= 0.3 is 0 Å². The maximum atomic E-state index is 6.16. The van der Waals surface area contributed by atoms with Crippen LogP contribution in [-0.4, -0.2) is 9.97 Å². The van der Waals surface area contributed by atoms with Gasteiger partial charge in [-0.3, -0.25) is 0 Å². The van der Waals surface area contributed by atoms with E-state index < -0.39 is 0 Å². The maximum absolute atomic E-state index is 6.16. The molecule has 0 aliphatic heterocycles. The van der Waals surface area contributed by atoms with Gasteiger partial charge in [0.1, 0.15) is 11.0 Å². The van der Waals surface area contributed by atoms with Crippen molar-refractivity contribution in [3.05, 3.63) is 22.2 Å². The van der Waals surface area contributed by atoms with Crippen molar-refractivity contribution in [1.29, 1.82) is 0 Å². The Bertz CT molecular complexity index is 378. The first kappa shape index (κ1) is 13.4. The molecule has 0 bridgehead atoms. The van der Waals surface area contributed by atoms with E-state index in [2.05, 4.69) is 44.6 Å². The largest absolute Gasteiger partial charge is 0.237 e. The molecule has 0 amide bonds. The second kappa shape index (κ2) is 4.70. The molecule has 1 aromatic rings. The van der Waals surface area contributed by atoms with E-state index in [0.717, 1.165) is 23.5 Å². The third kappa shape index (κ3) is 3.18. The fraction of sp³-hybridized carbons (Fsp3) is 0.692. The zero-order valence-corrected chi connectivity index (χ0v) is 11.8. The smallest absolute Gasteiger partial charge is 0.135 e. The molecule has 0 radical (unpaired) electrons. The van der Waals surface area contributed by atoms with Gasteiger partial charge in [0.25, 0.3) is 0 Å². The van der Waals surface area contributed by atoms with E-state index in [1.54, 1.807) is 0 Å². The van der Waals surface area contributed by atoms with Crippen molar-refractivity contribution in [2.45, 2.75) is 53.4 Å². The lowest BCUT2D eigenvalue weighted by Gasteiger charge is -2.19. The summed E-state index contributed by atoms with van der Waals surface area (Å²) in [6, 6.07) is 0. The van der Waals surface area contributed by atoms with Crippen LogP contribution in [0.25, 0.3) is 0 Å². The van der Waals surface area contributed by atoms with Crippen molar-refractivity contribution in [1.82, 2.24) is 9.97 Å². The van der Waals surface area contributed by atoms with E-state index in [1.165, 1.54) is 0 Å². The normalized spacial score (nSPS) is 12.2. The molecule has 1 aromatic heterocycles. The first-order valence-corrected chi connectivity index (χ1v) is 6.13. The summed E-state index contributed by atoms with van der Waals surface area (Å²) in [6.45, 7) is 12.7. The topological polar surface area (TPSA) is 25.8 Å². The number of hydrogen-bond donors (Lipinski definition) is 0. The van der Waals surface area contributed by atoms with Crippen LogP contribution in [0.4, 0.5) is 0 Å². The SMILES string of the molecule is Cc1c(Cl)nc(C(C)(C)C)nc1CC(C)C. The van der Waals surface area contributed by atoms with Crippen LogP contribution in [0.3, 0.4) is 0 Å². The molecule has 90 valence electrons. The highest BCUT2D eigenvalue weighted by Crippen LogP contribution is 2.24. The lowest BCUT2D eigenvalue weighted by atomic mass is 9.95. The molecule has 0 unspecified atom stereocenters. The number of aromatic nitrogens is 2. The average molecular weight is 241 g/mol. The number of halogens is 1. The van der Waals surface area contributed by atoms with Crippen molar-refractivity contribution in [2.24, 2.45) is 5.92 Å². The highest BCUT2D eigenvalue weighted by Gasteiger charge is 2.20. The van der Waals surface area contributed by atoms with Crippen LogP contribution < -0.4 is 0 Å². The summed E-state index contributed by atoms with van der Waals surface area (Å²) >= 11 is 6.16. The molecule has 1 rings (SSSR count). The Morgan fingerprint density at radius 2 is 1.75 bits per heavy atom. The zero-order valence-electron chi connectivity index (χ0n) is 11.1. The van der Waals surface area contributed by atoms with E-state index in [9.17, 15) is 0 Å². The Hall–Kier alpha value is -0.630. The molecule has 0 N–H and O–H groups in total. The Kier molecular flexibility index (Phi) is 3.95. The van der Waals surface area contributed by atoms with Gasteiger partial charge in [-0.25, -0.2) is 9.97 Å². The minimum absolute atomic E-state index is 0.0525. The van der Waals surface area contributed by atoms with E-state index in [0.29, 0.717) is 11.1 Å². The van der Waals surface area contributed by atoms with E-state index in [-0.39, 0.29) is 5.41 Å². The Balaban J connectivity index is 3.22. The van der Waals surface area contributed by atoms with Crippen LogP contribution in [0.1, 0.15) is 51.7 Å². The molecule has 0 aliphatic rings. The van der Waals surface area contributed by atoms with Gasteiger partial charge < -0.3 is 0 Å². The lowest BCUT2D eigenvalue weighted by molar-refractivity contribution is 0.533. The van der Waals surface area contributed by atoms with Crippen molar-refractivity contribution >= 4 is 11.6 Å². The third-order valence-corrected chi connectivity index (χ3v) is 2.83. The highest BCUT2D eigenvalue weighted by atomic mass is 35.5. The van der Waals surface area contributed by atoms with Crippen LogP contribution >= 0.6 is 11.6 Å². The van der Waals surface area contributed by atoms with Crippen molar-refractivity contribution < 1.29 is 0 Å². The van der Waals surface area contributed by atoms with Gasteiger partial charge in [-0.1, -0.05) is 46.2 Å². The molecular weight excluding hydrogens is 220 g/mol. The van der Waals surface area contributed by atoms with Crippen LogP contribution in [-0.2, 0) is 11.8 Å². The van der Waals surface area contributed by atoms with Crippen molar-refractivity contribution in [3.63, 3.8) is 0 Å². The van der Waals surface area contributed by atoms with Crippen LogP contribution in [0.5, 0.6) is 0 Å². The molecule has 3 heteroatoms. The van der Waals surface area contributed by atoms with E-state index >= 15 is 0 Å². The predicted molar refractivity (Wildman–Crippen MR) is 69.0 cm³/mol. The molecule has 0 fully saturated rings. The second-order valence-corrected chi connectivity index (χ2v) is 6.12. The fourth-order valence-corrected chi connectivity index (χ4v) is 1.64. The molecule has 0 spiro atoms. The number of nitrogens with zero attached hydrogens (tertiary/aromatic N) is 2. The second-order valence-electron chi connectivity index (χ2n) is 5.76. The molecule has 0 aliphatic carbocycles. The van der Waals surface area contributed by atoms with Crippen molar-refractivity contribution in [2.75, 3.05) is 0 Å². The Morgan fingerprint density at radius 3 is 2.19 bits per heavy atom. The first-order valence-electron chi connectivity index (χ1n) is 5.75. The molecular formula is C13H21ClN2.